The number of hydrogen-bond donors (Lipinski definition) is 1. The zero-order chi connectivity index (χ0) is 21.7. The fourth-order valence-corrected chi connectivity index (χ4v) is 3.86. The van der Waals surface area contributed by atoms with Crippen molar-refractivity contribution in [3.8, 4) is 0 Å². The molecule has 29 heavy (non-hydrogen) atoms. The Morgan fingerprint density at radius 3 is 2.45 bits per heavy atom. The number of sulfonamides is 1. The number of nitrogens with zero attached hydrogens (tertiary/aromatic N) is 3. The number of anilines is 1. The first kappa shape index (κ1) is 23.3. The van der Waals surface area contributed by atoms with Crippen LogP contribution in [0.3, 0.4) is 0 Å². The van der Waals surface area contributed by atoms with E-state index in [-0.39, 0.29) is 11.8 Å². The third kappa shape index (κ3) is 6.49. The Hall–Kier alpha value is -2.01. The molecule has 1 aromatic rings. The van der Waals surface area contributed by atoms with Crippen LogP contribution in [0.1, 0.15) is 18.9 Å². The quantitative estimate of drug-likeness (QED) is 0.666. The van der Waals surface area contributed by atoms with Gasteiger partial charge in [0.1, 0.15) is 0 Å². The van der Waals surface area contributed by atoms with Crippen LogP contribution in [0.4, 0.5) is 23.7 Å². The largest absolute Gasteiger partial charge is 0.416 e. The fraction of sp³-hybridized carbons (Fsp3) is 0.611. The number of carbonyl (C=O) groups excluding carboxylic acids is 1. The third-order valence-corrected chi connectivity index (χ3v) is 6.73. The molecule has 1 aromatic carbocycles. The molecule has 0 spiro atoms. The van der Waals surface area contributed by atoms with Crippen molar-refractivity contribution in [2.24, 2.45) is 0 Å². The molecule has 0 unspecified atom stereocenters. The van der Waals surface area contributed by atoms with Crippen LogP contribution in [0.2, 0.25) is 0 Å². The number of alkyl halides is 3. The molecule has 0 aliphatic carbocycles. The second-order valence-electron chi connectivity index (χ2n) is 6.83. The van der Waals surface area contributed by atoms with Gasteiger partial charge in [-0.15, -0.1) is 0 Å². The van der Waals surface area contributed by atoms with E-state index >= 15 is 0 Å². The van der Waals surface area contributed by atoms with Crippen molar-refractivity contribution in [3.05, 3.63) is 29.8 Å². The van der Waals surface area contributed by atoms with Gasteiger partial charge in [-0.3, -0.25) is 0 Å². The highest BCUT2D eigenvalue weighted by atomic mass is 32.2. The number of hydrogen-bond acceptors (Lipinski definition) is 4. The molecular weight excluding hydrogens is 409 g/mol. The molecule has 1 aliphatic rings. The van der Waals surface area contributed by atoms with Gasteiger partial charge in [0.15, 0.2) is 0 Å². The highest BCUT2D eigenvalue weighted by Gasteiger charge is 2.31. The number of benzene rings is 1. The minimum Gasteiger partial charge on any atom is -0.368 e. The molecule has 1 N–H and O–H groups in total. The van der Waals surface area contributed by atoms with Gasteiger partial charge in [-0.05, 0) is 31.5 Å². The van der Waals surface area contributed by atoms with Crippen molar-refractivity contribution in [1.29, 1.82) is 0 Å². The van der Waals surface area contributed by atoms with Gasteiger partial charge < -0.3 is 15.1 Å². The van der Waals surface area contributed by atoms with Gasteiger partial charge in [-0.25, -0.2) is 17.5 Å². The maximum atomic E-state index is 12.9. The Bertz CT molecular complexity index is 794. The summed E-state index contributed by atoms with van der Waals surface area (Å²) in [6.07, 6.45) is -3.89. The molecule has 164 valence electrons. The minimum absolute atomic E-state index is 0.0337. The van der Waals surface area contributed by atoms with E-state index in [2.05, 4.69) is 5.32 Å². The second kappa shape index (κ2) is 9.66. The number of carbonyl (C=O) groups is 1. The van der Waals surface area contributed by atoms with Crippen LogP contribution in [0.5, 0.6) is 0 Å². The van der Waals surface area contributed by atoms with E-state index in [4.69, 9.17) is 0 Å². The SMILES string of the molecule is CCS(=O)(=O)N(C)CCCNC(=O)N1CCN(c2cccc(C(F)(F)F)c2)CC1. The Kier molecular flexibility index (Phi) is 7.75. The van der Waals surface area contributed by atoms with Gasteiger partial charge in [0.2, 0.25) is 10.0 Å². The molecule has 1 fully saturated rings. The van der Waals surface area contributed by atoms with E-state index in [0.29, 0.717) is 51.4 Å². The number of rotatable bonds is 7. The monoisotopic (exact) mass is 436 g/mol. The first-order valence-electron chi connectivity index (χ1n) is 9.43. The number of nitrogens with one attached hydrogen (secondary N) is 1. The summed E-state index contributed by atoms with van der Waals surface area (Å²) < 4.78 is 63.2. The molecule has 0 bridgehead atoms. The lowest BCUT2D eigenvalue weighted by atomic mass is 10.1. The summed E-state index contributed by atoms with van der Waals surface area (Å²) in [4.78, 5) is 15.7. The van der Waals surface area contributed by atoms with Gasteiger partial charge in [-0.2, -0.15) is 13.2 Å². The van der Waals surface area contributed by atoms with E-state index in [1.807, 2.05) is 4.90 Å². The average Bonchev–Trinajstić information content (AvgIpc) is 2.70. The lowest BCUT2D eigenvalue weighted by Gasteiger charge is -2.36. The second-order valence-corrected chi connectivity index (χ2v) is 9.19. The normalized spacial score (nSPS) is 15.7. The van der Waals surface area contributed by atoms with Crippen molar-refractivity contribution < 1.29 is 26.4 Å². The lowest BCUT2D eigenvalue weighted by molar-refractivity contribution is -0.137. The average molecular weight is 437 g/mol. The molecule has 11 heteroatoms. The molecular formula is C18H27F3N4O3S. The predicted molar refractivity (Wildman–Crippen MR) is 105 cm³/mol. The molecule has 0 saturated carbocycles. The van der Waals surface area contributed by atoms with Crippen molar-refractivity contribution >= 4 is 21.7 Å². The summed E-state index contributed by atoms with van der Waals surface area (Å²) in [7, 11) is -1.72. The molecule has 0 atom stereocenters. The smallest absolute Gasteiger partial charge is 0.368 e. The zero-order valence-corrected chi connectivity index (χ0v) is 17.4. The van der Waals surface area contributed by atoms with Crippen LogP contribution >= 0.6 is 0 Å². The molecule has 2 amide bonds. The molecule has 0 aromatic heterocycles. The van der Waals surface area contributed by atoms with Crippen molar-refractivity contribution in [1.82, 2.24) is 14.5 Å². The molecule has 1 aliphatic heterocycles. The number of urea groups is 1. The number of amides is 2. The van der Waals surface area contributed by atoms with Gasteiger partial charge in [0.25, 0.3) is 0 Å². The van der Waals surface area contributed by atoms with Gasteiger partial charge in [0, 0.05) is 52.0 Å². The maximum Gasteiger partial charge on any atom is 0.416 e. The summed E-state index contributed by atoms with van der Waals surface area (Å²) in [6.45, 7) is 3.90. The first-order chi connectivity index (χ1) is 13.5. The summed E-state index contributed by atoms with van der Waals surface area (Å²) in [5.74, 6) is 0.0337. The Morgan fingerprint density at radius 1 is 1.21 bits per heavy atom. The van der Waals surface area contributed by atoms with Crippen molar-refractivity contribution in [2.75, 3.05) is 57.0 Å². The van der Waals surface area contributed by atoms with E-state index in [1.54, 1.807) is 17.9 Å². The molecule has 1 saturated heterocycles. The number of halogens is 3. The van der Waals surface area contributed by atoms with Crippen LogP contribution in [0.15, 0.2) is 24.3 Å². The molecule has 7 nitrogen and oxygen atoms in total. The molecule has 1 heterocycles. The van der Waals surface area contributed by atoms with Gasteiger partial charge >= 0.3 is 12.2 Å². The summed E-state index contributed by atoms with van der Waals surface area (Å²) >= 11 is 0. The van der Waals surface area contributed by atoms with Gasteiger partial charge in [0.05, 0.1) is 11.3 Å². The summed E-state index contributed by atoms with van der Waals surface area (Å²) in [5.41, 5.74) is -0.203. The summed E-state index contributed by atoms with van der Waals surface area (Å²) in [6, 6.07) is 4.92. The van der Waals surface area contributed by atoms with Crippen LogP contribution in [0, 0.1) is 0 Å². The number of piperazine rings is 1. The van der Waals surface area contributed by atoms with Crippen LogP contribution in [-0.4, -0.2) is 75.7 Å². The Morgan fingerprint density at radius 2 is 1.86 bits per heavy atom. The van der Waals surface area contributed by atoms with E-state index in [9.17, 15) is 26.4 Å². The Labute approximate surface area is 169 Å². The fourth-order valence-electron chi connectivity index (χ4n) is 3.01. The lowest BCUT2D eigenvalue weighted by Crippen LogP contribution is -2.52. The van der Waals surface area contributed by atoms with E-state index in [1.165, 1.54) is 17.4 Å². The van der Waals surface area contributed by atoms with E-state index in [0.717, 1.165) is 12.1 Å². The Balaban J connectivity index is 1.77. The topological polar surface area (TPSA) is 73.0 Å². The van der Waals surface area contributed by atoms with Crippen LogP contribution < -0.4 is 10.2 Å². The molecule has 2 rings (SSSR count). The van der Waals surface area contributed by atoms with Crippen LogP contribution in [-0.2, 0) is 16.2 Å². The molecule has 0 radical (unpaired) electrons. The van der Waals surface area contributed by atoms with E-state index < -0.39 is 21.8 Å². The highest BCUT2D eigenvalue weighted by molar-refractivity contribution is 7.89. The van der Waals surface area contributed by atoms with Crippen LogP contribution in [0.25, 0.3) is 0 Å². The zero-order valence-electron chi connectivity index (χ0n) is 16.6. The first-order valence-corrected chi connectivity index (χ1v) is 11.0. The third-order valence-electron chi connectivity index (χ3n) is 4.87. The highest BCUT2D eigenvalue weighted by Crippen LogP contribution is 2.31. The van der Waals surface area contributed by atoms with Gasteiger partial charge in [-0.1, -0.05) is 6.07 Å². The maximum absolute atomic E-state index is 12.9. The predicted octanol–water partition coefficient (Wildman–Crippen LogP) is 2.21. The standard InChI is InChI=1S/C18H27F3N4O3S/c1-3-29(27,28)23(2)9-5-8-22-17(26)25-12-10-24(11-13-25)16-7-4-6-15(14-16)18(19,20)21/h4,6-7,14H,3,5,8-13H2,1-2H3,(H,22,26). The van der Waals surface area contributed by atoms with Crippen molar-refractivity contribution in [2.45, 2.75) is 19.5 Å². The summed E-state index contributed by atoms with van der Waals surface area (Å²) in [5, 5.41) is 2.76. The minimum atomic E-state index is -4.39. The van der Waals surface area contributed by atoms with Crippen molar-refractivity contribution in [3.63, 3.8) is 0 Å².